The predicted molar refractivity (Wildman–Crippen MR) is 83.2 cm³/mol. The average Bonchev–Trinajstić information content (AvgIpc) is 2.49. The first kappa shape index (κ1) is 16.3. The smallest absolute Gasteiger partial charge is 0.262 e. The molecule has 0 bridgehead atoms. The van der Waals surface area contributed by atoms with E-state index in [0.29, 0.717) is 36.1 Å². The molecule has 2 amide bonds. The van der Waals surface area contributed by atoms with Crippen LogP contribution in [-0.2, 0) is 9.53 Å². The summed E-state index contributed by atoms with van der Waals surface area (Å²) in [4.78, 5) is 23.2. The van der Waals surface area contributed by atoms with E-state index in [4.69, 9.17) is 9.47 Å². The zero-order chi connectivity index (χ0) is 15.9. The maximum atomic E-state index is 12.0. The molecule has 0 radical (unpaired) electrons. The Morgan fingerprint density at radius 2 is 2.27 bits per heavy atom. The van der Waals surface area contributed by atoms with E-state index in [1.165, 1.54) is 0 Å². The van der Waals surface area contributed by atoms with Crippen LogP contribution < -0.4 is 15.4 Å². The van der Waals surface area contributed by atoms with Crippen LogP contribution in [0.2, 0.25) is 0 Å². The summed E-state index contributed by atoms with van der Waals surface area (Å²) < 4.78 is 10.8. The van der Waals surface area contributed by atoms with E-state index >= 15 is 0 Å². The van der Waals surface area contributed by atoms with Gasteiger partial charge >= 0.3 is 0 Å². The SMILES string of the molecule is CC(C)COCCCNC(=O)c1ccc2c(c1)OCC(=O)N2. The predicted octanol–water partition coefficient (Wildman–Crippen LogP) is 1.81. The molecule has 1 aliphatic heterocycles. The van der Waals surface area contributed by atoms with Crippen LogP contribution in [0.25, 0.3) is 0 Å². The van der Waals surface area contributed by atoms with E-state index in [1.54, 1.807) is 18.2 Å². The molecule has 0 atom stereocenters. The lowest BCUT2D eigenvalue weighted by Crippen LogP contribution is -2.27. The highest BCUT2D eigenvalue weighted by molar-refractivity contribution is 5.98. The summed E-state index contributed by atoms with van der Waals surface area (Å²) >= 11 is 0. The molecule has 0 unspecified atom stereocenters. The molecule has 6 heteroatoms. The van der Waals surface area contributed by atoms with Gasteiger partial charge in [-0.2, -0.15) is 0 Å². The van der Waals surface area contributed by atoms with E-state index in [2.05, 4.69) is 24.5 Å². The van der Waals surface area contributed by atoms with Crippen LogP contribution in [0.1, 0.15) is 30.6 Å². The van der Waals surface area contributed by atoms with Crippen molar-refractivity contribution in [3.05, 3.63) is 23.8 Å². The van der Waals surface area contributed by atoms with Gasteiger partial charge in [0.2, 0.25) is 0 Å². The molecule has 0 saturated carbocycles. The minimum atomic E-state index is -0.189. The van der Waals surface area contributed by atoms with Gasteiger partial charge in [0.1, 0.15) is 5.75 Å². The van der Waals surface area contributed by atoms with Crippen molar-refractivity contribution in [3.63, 3.8) is 0 Å². The normalized spacial score (nSPS) is 13.3. The molecular weight excluding hydrogens is 284 g/mol. The molecule has 1 aromatic carbocycles. The van der Waals surface area contributed by atoms with Gasteiger partial charge < -0.3 is 20.1 Å². The Bertz CT molecular complexity index is 543. The molecule has 0 spiro atoms. The first-order chi connectivity index (χ1) is 10.6. The number of amides is 2. The second-order valence-electron chi connectivity index (χ2n) is 5.63. The number of benzene rings is 1. The van der Waals surface area contributed by atoms with Crippen LogP contribution in [-0.4, -0.2) is 38.2 Å². The second-order valence-corrected chi connectivity index (χ2v) is 5.63. The van der Waals surface area contributed by atoms with Crippen molar-refractivity contribution in [2.45, 2.75) is 20.3 Å². The highest BCUT2D eigenvalue weighted by atomic mass is 16.5. The summed E-state index contributed by atoms with van der Waals surface area (Å²) in [6, 6.07) is 4.98. The number of nitrogens with one attached hydrogen (secondary N) is 2. The third-order valence-electron chi connectivity index (χ3n) is 3.08. The first-order valence-corrected chi connectivity index (χ1v) is 7.49. The Kier molecular flexibility index (Phi) is 5.77. The monoisotopic (exact) mass is 306 g/mol. The lowest BCUT2D eigenvalue weighted by Gasteiger charge is -2.18. The minimum Gasteiger partial charge on any atom is -0.482 e. The Balaban J connectivity index is 1.77. The van der Waals surface area contributed by atoms with Gasteiger partial charge in [0, 0.05) is 25.3 Å². The first-order valence-electron chi connectivity index (χ1n) is 7.49. The van der Waals surface area contributed by atoms with Crippen LogP contribution in [0.3, 0.4) is 0 Å². The van der Waals surface area contributed by atoms with Crippen LogP contribution in [0.5, 0.6) is 5.75 Å². The van der Waals surface area contributed by atoms with Crippen LogP contribution in [0, 0.1) is 5.92 Å². The van der Waals surface area contributed by atoms with Crippen LogP contribution in [0.15, 0.2) is 18.2 Å². The highest BCUT2D eigenvalue weighted by Gasteiger charge is 2.17. The van der Waals surface area contributed by atoms with Crippen molar-refractivity contribution in [2.24, 2.45) is 5.92 Å². The molecule has 120 valence electrons. The number of hydrogen-bond acceptors (Lipinski definition) is 4. The lowest BCUT2D eigenvalue weighted by atomic mass is 10.1. The molecular formula is C16H22N2O4. The Labute approximate surface area is 130 Å². The number of carbonyl (C=O) groups is 2. The van der Waals surface area contributed by atoms with E-state index < -0.39 is 0 Å². The Hall–Kier alpha value is -2.08. The van der Waals surface area contributed by atoms with Gasteiger partial charge in [-0.15, -0.1) is 0 Å². The van der Waals surface area contributed by atoms with Crippen molar-refractivity contribution in [1.29, 1.82) is 0 Å². The van der Waals surface area contributed by atoms with Gasteiger partial charge in [-0.25, -0.2) is 0 Å². The summed E-state index contributed by atoms with van der Waals surface area (Å²) in [5.41, 5.74) is 1.10. The number of carbonyl (C=O) groups excluding carboxylic acids is 2. The molecule has 2 rings (SSSR count). The Morgan fingerprint density at radius 1 is 1.45 bits per heavy atom. The van der Waals surface area contributed by atoms with E-state index in [-0.39, 0.29) is 18.4 Å². The maximum Gasteiger partial charge on any atom is 0.262 e. The maximum absolute atomic E-state index is 12.0. The number of ether oxygens (including phenoxy) is 2. The van der Waals surface area contributed by atoms with E-state index in [1.807, 2.05) is 0 Å². The summed E-state index contributed by atoms with van der Waals surface area (Å²) in [5.74, 6) is 0.691. The van der Waals surface area contributed by atoms with Gasteiger partial charge in [-0.05, 0) is 30.5 Å². The number of rotatable bonds is 7. The van der Waals surface area contributed by atoms with Gasteiger partial charge in [0.15, 0.2) is 6.61 Å². The molecule has 1 aliphatic rings. The second kappa shape index (κ2) is 7.79. The van der Waals surface area contributed by atoms with Crippen molar-refractivity contribution in [3.8, 4) is 5.75 Å². The van der Waals surface area contributed by atoms with Crippen molar-refractivity contribution in [2.75, 3.05) is 31.7 Å². The number of fused-ring (bicyclic) bond motifs is 1. The molecule has 1 heterocycles. The van der Waals surface area contributed by atoms with Crippen molar-refractivity contribution < 1.29 is 19.1 Å². The largest absolute Gasteiger partial charge is 0.482 e. The fourth-order valence-corrected chi connectivity index (χ4v) is 2.01. The Morgan fingerprint density at radius 3 is 3.05 bits per heavy atom. The topological polar surface area (TPSA) is 76.7 Å². The molecule has 1 aromatic rings. The molecule has 0 fully saturated rings. The molecule has 0 aliphatic carbocycles. The summed E-state index contributed by atoms with van der Waals surface area (Å²) in [6.07, 6.45) is 0.774. The van der Waals surface area contributed by atoms with E-state index in [0.717, 1.165) is 13.0 Å². The zero-order valence-electron chi connectivity index (χ0n) is 13.0. The van der Waals surface area contributed by atoms with Crippen LogP contribution in [0.4, 0.5) is 5.69 Å². The minimum absolute atomic E-state index is 0.0226. The third kappa shape index (κ3) is 4.73. The quantitative estimate of drug-likeness (QED) is 0.753. The van der Waals surface area contributed by atoms with Gasteiger partial charge in [0.25, 0.3) is 11.8 Å². The van der Waals surface area contributed by atoms with Crippen molar-refractivity contribution in [1.82, 2.24) is 5.32 Å². The summed E-state index contributed by atoms with van der Waals surface area (Å²) in [6.45, 7) is 6.11. The fourth-order valence-electron chi connectivity index (χ4n) is 2.01. The fraction of sp³-hybridized carbons (Fsp3) is 0.500. The third-order valence-corrected chi connectivity index (χ3v) is 3.08. The molecule has 0 aromatic heterocycles. The van der Waals surface area contributed by atoms with Crippen LogP contribution >= 0.6 is 0 Å². The van der Waals surface area contributed by atoms with E-state index in [9.17, 15) is 9.59 Å². The molecule has 6 nitrogen and oxygen atoms in total. The number of hydrogen-bond donors (Lipinski definition) is 2. The molecule has 22 heavy (non-hydrogen) atoms. The molecule has 0 saturated heterocycles. The zero-order valence-corrected chi connectivity index (χ0v) is 13.0. The van der Waals surface area contributed by atoms with Gasteiger partial charge in [-0.3, -0.25) is 9.59 Å². The average molecular weight is 306 g/mol. The number of anilines is 1. The van der Waals surface area contributed by atoms with Gasteiger partial charge in [-0.1, -0.05) is 13.8 Å². The molecule has 2 N–H and O–H groups in total. The van der Waals surface area contributed by atoms with Gasteiger partial charge in [0.05, 0.1) is 5.69 Å². The van der Waals surface area contributed by atoms with Crippen molar-refractivity contribution >= 4 is 17.5 Å². The summed E-state index contributed by atoms with van der Waals surface area (Å²) in [7, 11) is 0. The summed E-state index contributed by atoms with van der Waals surface area (Å²) in [5, 5.41) is 5.53. The lowest BCUT2D eigenvalue weighted by molar-refractivity contribution is -0.118. The highest BCUT2D eigenvalue weighted by Crippen LogP contribution is 2.28. The standard InChI is InChI=1S/C16H22N2O4/c1-11(2)9-21-7-3-6-17-16(20)12-4-5-13-14(8-12)22-10-15(19)18-13/h4-5,8,11H,3,6-7,9-10H2,1-2H3,(H,17,20)(H,18,19).